The maximum Gasteiger partial charge on any atom is 0.0671 e. The molecule has 3 atom stereocenters. The van der Waals surface area contributed by atoms with Crippen molar-refractivity contribution in [2.45, 2.75) is 39.2 Å². The molecule has 0 radical (unpaired) electrons. The van der Waals surface area contributed by atoms with Gasteiger partial charge in [-0.2, -0.15) is 0 Å². The van der Waals surface area contributed by atoms with Gasteiger partial charge in [0.1, 0.15) is 0 Å². The van der Waals surface area contributed by atoms with Crippen molar-refractivity contribution in [1.82, 2.24) is 5.32 Å². The van der Waals surface area contributed by atoms with Crippen molar-refractivity contribution in [2.24, 2.45) is 11.8 Å². The van der Waals surface area contributed by atoms with E-state index in [-0.39, 0.29) is 0 Å². The third kappa shape index (κ3) is 6.53. The molecule has 1 rings (SSSR count). The molecule has 0 aromatic heterocycles. The van der Waals surface area contributed by atoms with E-state index in [0.717, 1.165) is 38.6 Å². The predicted octanol–water partition coefficient (Wildman–Crippen LogP) is 2.62. The normalized spacial score (nSPS) is 25.3. The van der Waals surface area contributed by atoms with Gasteiger partial charge in [0.15, 0.2) is 0 Å². The third-order valence-corrected chi connectivity index (χ3v) is 3.65. The third-order valence-electron chi connectivity index (χ3n) is 3.65. The Morgan fingerprint density at radius 2 is 2.11 bits per heavy atom. The van der Waals surface area contributed by atoms with E-state index in [0.29, 0.717) is 12.0 Å². The zero-order chi connectivity index (χ0) is 13.2. The van der Waals surface area contributed by atoms with E-state index < -0.39 is 0 Å². The lowest BCUT2D eigenvalue weighted by Crippen LogP contribution is -2.30. The van der Waals surface area contributed by atoms with Gasteiger partial charge < -0.3 is 14.8 Å². The Hall–Kier alpha value is -0.380. The van der Waals surface area contributed by atoms with Crippen molar-refractivity contribution in [3.8, 4) is 0 Å². The first-order valence-corrected chi connectivity index (χ1v) is 7.20. The van der Waals surface area contributed by atoms with E-state index in [9.17, 15) is 0 Å². The summed E-state index contributed by atoms with van der Waals surface area (Å²) in [6.07, 6.45) is 8.33. The smallest absolute Gasteiger partial charge is 0.0671 e. The van der Waals surface area contributed by atoms with E-state index in [1.165, 1.54) is 12.8 Å². The number of hydrogen-bond acceptors (Lipinski definition) is 3. The van der Waals surface area contributed by atoms with E-state index in [2.05, 4.69) is 31.3 Å². The van der Waals surface area contributed by atoms with Gasteiger partial charge in [0.2, 0.25) is 0 Å². The molecule has 3 heteroatoms. The van der Waals surface area contributed by atoms with E-state index in [4.69, 9.17) is 9.47 Å². The van der Waals surface area contributed by atoms with Crippen LogP contribution in [0.5, 0.6) is 0 Å². The second-order valence-corrected chi connectivity index (χ2v) is 5.37. The van der Waals surface area contributed by atoms with Crippen molar-refractivity contribution in [2.75, 3.05) is 33.4 Å². The Balaban J connectivity index is 2.02. The molecule has 0 fully saturated rings. The minimum Gasteiger partial charge on any atom is -0.385 e. The summed E-state index contributed by atoms with van der Waals surface area (Å²) in [5.74, 6) is 1.46. The number of methoxy groups -OCH3 is 1. The molecule has 0 heterocycles. The van der Waals surface area contributed by atoms with E-state index in [1.54, 1.807) is 7.11 Å². The summed E-state index contributed by atoms with van der Waals surface area (Å²) in [5, 5.41) is 3.40. The zero-order valence-corrected chi connectivity index (χ0v) is 12.2. The highest BCUT2D eigenvalue weighted by molar-refractivity contribution is 4.93. The van der Waals surface area contributed by atoms with Crippen LogP contribution in [-0.4, -0.2) is 39.5 Å². The van der Waals surface area contributed by atoms with Gasteiger partial charge in [-0.1, -0.05) is 19.1 Å². The van der Waals surface area contributed by atoms with E-state index in [1.807, 2.05) is 0 Å². The van der Waals surface area contributed by atoms with Gasteiger partial charge in [0.05, 0.1) is 12.7 Å². The summed E-state index contributed by atoms with van der Waals surface area (Å²) in [5.41, 5.74) is 0. The summed E-state index contributed by atoms with van der Waals surface area (Å²) in [6, 6.07) is 0. The standard InChI is InChI=1S/C15H29NO2/c1-13-7-4-5-8-15(13)12-18-14(2)11-16-9-6-10-17-3/h4-5,13-16H,6-12H2,1-3H3. The van der Waals surface area contributed by atoms with Gasteiger partial charge in [-0.15, -0.1) is 0 Å². The molecule has 0 aromatic rings. The lowest BCUT2D eigenvalue weighted by Gasteiger charge is -2.26. The minimum atomic E-state index is 0.297. The van der Waals surface area contributed by atoms with Crippen LogP contribution in [0.3, 0.4) is 0 Å². The molecule has 106 valence electrons. The van der Waals surface area contributed by atoms with Crippen LogP contribution in [0.4, 0.5) is 0 Å². The Morgan fingerprint density at radius 1 is 1.33 bits per heavy atom. The van der Waals surface area contributed by atoms with Crippen molar-refractivity contribution in [3.63, 3.8) is 0 Å². The predicted molar refractivity (Wildman–Crippen MR) is 75.8 cm³/mol. The molecule has 0 amide bonds. The molecule has 3 nitrogen and oxygen atoms in total. The summed E-state index contributed by atoms with van der Waals surface area (Å²) in [4.78, 5) is 0. The molecule has 3 unspecified atom stereocenters. The summed E-state index contributed by atoms with van der Waals surface area (Å²) in [7, 11) is 1.74. The first kappa shape index (κ1) is 15.7. The van der Waals surface area contributed by atoms with Crippen LogP contribution in [0.1, 0.15) is 33.1 Å². The number of hydrogen-bond donors (Lipinski definition) is 1. The van der Waals surface area contributed by atoms with Gasteiger partial charge >= 0.3 is 0 Å². The average molecular weight is 255 g/mol. The molecule has 1 aliphatic carbocycles. The second kappa shape index (κ2) is 9.54. The molecule has 0 saturated heterocycles. The van der Waals surface area contributed by atoms with Crippen LogP contribution in [-0.2, 0) is 9.47 Å². The fourth-order valence-corrected chi connectivity index (χ4v) is 2.23. The van der Waals surface area contributed by atoms with Crippen molar-refractivity contribution in [3.05, 3.63) is 12.2 Å². The highest BCUT2D eigenvalue weighted by Gasteiger charge is 2.19. The van der Waals surface area contributed by atoms with Gasteiger partial charge in [0.25, 0.3) is 0 Å². The van der Waals surface area contributed by atoms with Crippen LogP contribution >= 0.6 is 0 Å². The SMILES string of the molecule is COCCCNCC(C)OCC1CC=CCC1C. The molecular weight excluding hydrogens is 226 g/mol. The van der Waals surface area contributed by atoms with Gasteiger partial charge in [-0.3, -0.25) is 0 Å². The Morgan fingerprint density at radius 3 is 2.83 bits per heavy atom. The first-order valence-electron chi connectivity index (χ1n) is 7.20. The molecular formula is C15H29NO2. The van der Waals surface area contributed by atoms with Gasteiger partial charge in [-0.25, -0.2) is 0 Å². The number of nitrogens with one attached hydrogen (secondary N) is 1. The molecule has 1 N–H and O–H groups in total. The monoisotopic (exact) mass is 255 g/mol. The largest absolute Gasteiger partial charge is 0.385 e. The molecule has 18 heavy (non-hydrogen) atoms. The topological polar surface area (TPSA) is 30.5 Å². The number of allylic oxidation sites excluding steroid dienone is 2. The maximum absolute atomic E-state index is 5.93. The molecule has 0 bridgehead atoms. The summed E-state index contributed by atoms with van der Waals surface area (Å²) < 4.78 is 10.9. The number of ether oxygens (including phenoxy) is 2. The van der Waals surface area contributed by atoms with Crippen LogP contribution in [0.2, 0.25) is 0 Å². The molecule has 0 spiro atoms. The Labute approximate surface area is 112 Å². The molecule has 0 aliphatic heterocycles. The Bertz CT molecular complexity index is 231. The highest BCUT2D eigenvalue weighted by atomic mass is 16.5. The lowest BCUT2D eigenvalue weighted by molar-refractivity contribution is 0.0268. The van der Waals surface area contributed by atoms with Crippen molar-refractivity contribution >= 4 is 0 Å². The molecule has 1 aliphatic rings. The van der Waals surface area contributed by atoms with Crippen molar-refractivity contribution in [1.29, 1.82) is 0 Å². The highest BCUT2D eigenvalue weighted by Crippen LogP contribution is 2.25. The van der Waals surface area contributed by atoms with Gasteiger partial charge in [0, 0.05) is 20.3 Å². The average Bonchev–Trinajstić information content (AvgIpc) is 2.37. The zero-order valence-electron chi connectivity index (χ0n) is 12.2. The quantitative estimate of drug-likeness (QED) is 0.507. The minimum absolute atomic E-state index is 0.297. The van der Waals surface area contributed by atoms with Gasteiger partial charge in [-0.05, 0) is 44.6 Å². The molecule has 0 saturated carbocycles. The van der Waals surface area contributed by atoms with Crippen molar-refractivity contribution < 1.29 is 9.47 Å². The fraction of sp³-hybridized carbons (Fsp3) is 0.867. The van der Waals surface area contributed by atoms with Crippen LogP contribution in [0.15, 0.2) is 12.2 Å². The number of rotatable bonds is 9. The summed E-state index contributed by atoms with van der Waals surface area (Å²) in [6.45, 7) is 8.13. The van der Waals surface area contributed by atoms with Crippen LogP contribution in [0, 0.1) is 11.8 Å². The fourth-order valence-electron chi connectivity index (χ4n) is 2.23. The Kier molecular flexibility index (Phi) is 8.31. The van der Waals surface area contributed by atoms with Crippen LogP contribution in [0.25, 0.3) is 0 Å². The second-order valence-electron chi connectivity index (χ2n) is 5.37. The lowest BCUT2D eigenvalue weighted by atomic mass is 9.85. The first-order chi connectivity index (χ1) is 8.74. The van der Waals surface area contributed by atoms with E-state index >= 15 is 0 Å². The van der Waals surface area contributed by atoms with Crippen LogP contribution < -0.4 is 5.32 Å². The maximum atomic E-state index is 5.93. The summed E-state index contributed by atoms with van der Waals surface area (Å²) >= 11 is 0. The molecule has 0 aromatic carbocycles.